The summed E-state index contributed by atoms with van der Waals surface area (Å²) in [5.74, 6) is 0.871. The van der Waals surface area contributed by atoms with Gasteiger partial charge < -0.3 is 14.5 Å². The zero-order chi connectivity index (χ0) is 16.9. The molecule has 1 fully saturated rings. The highest BCUT2D eigenvalue weighted by Gasteiger charge is 2.24. The largest absolute Gasteiger partial charge is 0.497 e. The quantitative estimate of drug-likeness (QED) is 0.858. The van der Waals surface area contributed by atoms with E-state index < -0.39 is 0 Å². The highest BCUT2D eigenvalue weighted by molar-refractivity contribution is 5.82. The van der Waals surface area contributed by atoms with Crippen molar-refractivity contribution in [2.24, 2.45) is 0 Å². The van der Waals surface area contributed by atoms with Crippen LogP contribution in [-0.4, -0.2) is 42.5 Å². The molecule has 0 bridgehead atoms. The van der Waals surface area contributed by atoms with Gasteiger partial charge in [-0.25, -0.2) is 4.98 Å². The molecular weight excluding hydrogens is 304 g/mol. The average Bonchev–Trinajstić information content (AvgIpc) is 2.63. The molecule has 2 aromatic rings. The van der Waals surface area contributed by atoms with E-state index in [0.29, 0.717) is 25.3 Å². The first kappa shape index (κ1) is 15.8. The molecule has 0 spiro atoms. The number of rotatable bonds is 4. The van der Waals surface area contributed by atoms with Gasteiger partial charge in [-0.15, -0.1) is 0 Å². The van der Waals surface area contributed by atoms with Gasteiger partial charge in [0.1, 0.15) is 17.5 Å². The van der Waals surface area contributed by atoms with Gasteiger partial charge in [0.15, 0.2) is 0 Å². The van der Waals surface area contributed by atoms with Crippen LogP contribution >= 0.6 is 0 Å². The van der Waals surface area contributed by atoms with Gasteiger partial charge in [0.2, 0.25) is 5.91 Å². The molecule has 0 unspecified atom stereocenters. The second kappa shape index (κ2) is 7.01. The summed E-state index contributed by atoms with van der Waals surface area (Å²) in [5, 5.41) is 8.80. The molecule has 3 rings (SSSR count). The first-order valence-corrected chi connectivity index (χ1v) is 7.71. The van der Waals surface area contributed by atoms with Crippen molar-refractivity contribution in [3.63, 3.8) is 0 Å². The molecule has 6 heteroatoms. The zero-order valence-electron chi connectivity index (χ0n) is 13.5. The molecule has 0 radical (unpaired) electrons. The Kier molecular flexibility index (Phi) is 4.62. The van der Waals surface area contributed by atoms with E-state index in [1.54, 1.807) is 19.4 Å². The number of benzene rings is 1. The minimum atomic E-state index is 0.0772. The molecule has 1 aliphatic heterocycles. The number of hydrogen-bond donors (Lipinski definition) is 0. The molecule has 1 aromatic heterocycles. The van der Waals surface area contributed by atoms with Crippen LogP contribution in [0.25, 0.3) is 0 Å². The average molecular weight is 322 g/mol. The van der Waals surface area contributed by atoms with Crippen LogP contribution in [0.15, 0.2) is 42.6 Å². The Morgan fingerprint density at radius 2 is 2.17 bits per heavy atom. The van der Waals surface area contributed by atoms with E-state index in [1.807, 2.05) is 46.2 Å². The summed E-state index contributed by atoms with van der Waals surface area (Å²) >= 11 is 0. The number of aromatic nitrogens is 1. The second-order valence-electron chi connectivity index (χ2n) is 5.60. The Balaban J connectivity index is 1.64. The lowest BCUT2D eigenvalue weighted by atomic mass is 10.1. The van der Waals surface area contributed by atoms with E-state index >= 15 is 0 Å². The third-order valence-electron chi connectivity index (χ3n) is 4.05. The van der Waals surface area contributed by atoms with Crippen LogP contribution in [0, 0.1) is 11.3 Å². The molecule has 0 saturated carbocycles. The summed E-state index contributed by atoms with van der Waals surface area (Å²) in [5.41, 5.74) is 2.29. The van der Waals surface area contributed by atoms with Gasteiger partial charge in [-0.05, 0) is 29.8 Å². The van der Waals surface area contributed by atoms with Gasteiger partial charge in [0, 0.05) is 19.6 Å². The van der Waals surface area contributed by atoms with Crippen LogP contribution in [0.4, 0.5) is 5.69 Å². The fourth-order valence-corrected chi connectivity index (χ4v) is 2.73. The van der Waals surface area contributed by atoms with Gasteiger partial charge in [-0.2, -0.15) is 5.26 Å². The van der Waals surface area contributed by atoms with E-state index in [2.05, 4.69) is 4.98 Å². The SMILES string of the molecule is COc1cccc(CN2CCN(c3ccc(C#N)nc3)CC2=O)c1. The lowest BCUT2D eigenvalue weighted by molar-refractivity contribution is -0.131. The summed E-state index contributed by atoms with van der Waals surface area (Å²) < 4.78 is 5.22. The number of anilines is 1. The molecular formula is C18H18N4O2. The monoisotopic (exact) mass is 322 g/mol. The third kappa shape index (κ3) is 3.46. The maximum atomic E-state index is 12.4. The molecule has 0 N–H and O–H groups in total. The predicted molar refractivity (Wildman–Crippen MR) is 89.6 cm³/mol. The first-order valence-electron chi connectivity index (χ1n) is 7.71. The van der Waals surface area contributed by atoms with Crippen molar-refractivity contribution in [1.82, 2.24) is 9.88 Å². The highest BCUT2D eigenvalue weighted by Crippen LogP contribution is 2.19. The number of piperazine rings is 1. The number of hydrogen-bond acceptors (Lipinski definition) is 5. The Hall–Kier alpha value is -3.07. The normalized spacial score (nSPS) is 14.4. The maximum Gasteiger partial charge on any atom is 0.242 e. The second-order valence-corrected chi connectivity index (χ2v) is 5.60. The van der Waals surface area contributed by atoms with Gasteiger partial charge in [-0.3, -0.25) is 4.79 Å². The van der Waals surface area contributed by atoms with Crippen LogP contribution in [0.3, 0.4) is 0 Å². The predicted octanol–water partition coefficient (Wildman–Crippen LogP) is 1.81. The molecule has 24 heavy (non-hydrogen) atoms. The standard InChI is InChI=1S/C18H18N4O2/c1-24-17-4-2-3-14(9-17)12-22-8-7-21(13-18(22)23)16-6-5-15(10-19)20-11-16/h2-6,9,11H,7-8,12-13H2,1H3. The molecule has 1 amide bonds. The number of ether oxygens (including phenoxy) is 1. The molecule has 2 heterocycles. The summed E-state index contributed by atoms with van der Waals surface area (Å²) in [6, 6.07) is 13.3. The Morgan fingerprint density at radius 3 is 2.83 bits per heavy atom. The van der Waals surface area contributed by atoms with Crippen LogP contribution in [0.1, 0.15) is 11.3 Å². The van der Waals surface area contributed by atoms with Crippen LogP contribution in [0.2, 0.25) is 0 Å². The number of carbonyl (C=O) groups excluding carboxylic acids is 1. The summed E-state index contributed by atoms with van der Waals surface area (Å²) in [6.07, 6.45) is 1.64. The van der Waals surface area contributed by atoms with Gasteiger partial charge in [0.05, 0.1) is 25.5 Å². The first-order chi connectivity index (χ1) is 11.7. The van der Waals surface area contributed by atoms with E-state index in [0.717, 1.165) is 23.5 Å². The van der Waals surface area contributed by atoms with E-state index in [4.69, 9.17) is 10.00 Å². The van der Waals surface area contributed by atoms with E-state index in [1.165, 1.54) is 0 Å². The van der Waals surface area contributed by atoms with E-state index in [9.17, 15) is 4.79 Å². The van der Waals surface area contributed by atoms with Crippen molar-refractivity contribution in [1.29, 1.82) is 5.26 Å². The van der Waals surface area contributed by atoms with Crippen LogP contribution in [0.5, 0.6) is 5.75 Å². The molecule has 6 nitrogen and oxygen atoms in total. The minimum Gasteiger partial charge on any atom is -0.497 e. The fraction of sp³-hybridized carbons (Fsp3) is 0.278. The van der Waals surface area contributed by atoms with E-state index in [-0.39, 0.29) is 5.91 Å². The number of nitriles is 1. The summed E-state index contributed by atoms with van der Waals surface area (Å²) in [7, 11) is 1.63. The van der Waals surface area contributed by atoms with Crippen molar-refractivity contribution in [2.75, 3.05) is 31.6 Å². The summed E-state index contributed by atoms with van der Waals surface area (Å²) in [4.78, 5) is 20.3. The third-order valence-corrected chi connectivity index (χ3v) is 4.05. The number of methoxy groups -OCH3 is 1. The van der Waals surface area contributed by atoms with Crippen molar-refractivity contribution < 1.29 is 9.53 Å². The lowest BCUT2D eigenvalue weighted by Crippen LogP contribution is -2.50. The molecule has 122 valence electrons. The maximum absolute atomic E-state index is 12.4. The molecule has 1 aliphatic rings. The zero-order valence-corrected chi connectivity index (χ0v) is 13.5. The molecule has 1 saturated heterocycles. The smallest absolute Gasteiger partial charge is 0.242 e. The molecule has 0 aliphatic carbocycles. The fourth-order valence-electron chi connectivity index (χ4n) is 2.73. The van der Waals surface area contributed by atoms with Crippen molar-refractivity contribution in [3.05, 3.63) is 53.9 Å². The van der Waals surface area contributed by atoms with Crippen molar-refractivity contribution in [2.45, 2.75) is 6.54 Å². The van der Waals surface area contributed by atoms with Crippen molar-refractivity contribution >= 4 is 11.6 Å². The Morgan fingerprint density at radius 1 is 1.29 bits per heavy atom. The van der Waals surface area contributed by atoms with Gasteiger partial charge >= 0.3 is 0 Å². The van der Waals surface area contributed by atoms with Crippen molar-refractivity contribution in [3.8, 4) is 11.8 Å². The molecule has 0 atom stereocenters. The molecule has 1 aromatic carbocycles. The number of pyridine rings is 1. The van der Waals surface area contributed by atoms with Gasteiger partial charge in [-0.1, -0.05) is 12.1 Å². The lowest BCUT2D eigenvalue weighted by Gasteiger charge is -2.35. The summed E-state index contributed by atoms with van der Waals surface area (Å²) in [6.45, 7) is 2.28. The number of nitrogens with zero attached hydrogens (tertiary/aromatic N) is 4. The number of carbonyl (C=O) groups is 1. The highest BCUT2D eigenvalue weighted by atomic mass is 16.5. The van der Waals surface area contributed by atoms with Gasteiger partial charge in [0.25, 0.3) is 0 Å². The Labute approximate surface area is 140 Å². The number of amides is 1. The Bertz CT molecular complexity index is 767. The minimum absolute atomic E-state index is 0.0772. The van der Waals surface area contributed by atoms with Crippen LogP contribution < -0.4 is 9.64 Å². The topological polar surface area (TPSA) is 69.5 Å². The van der Waals surface area contributed by atoms with Crippen LogP contribution in [-0.2, 0) is 11.3 Å².